The smallest absolute Gasteiger partial charge is 0.475 e. The minimum Gasteiger partial charge on any atom is -0.475 e. The number of halogens is 4. The van der Waals surface area contributed by atoms with Crippen LogP contribution in [0.15, 0.2) is 55.0 Å². The summed E-state index contributed by atoms with van der Waals surface area (Å²) in [5, 5.41) is 35.3. The lowest BCUT2D eigenvalue weighted by Crippen LogP contribution is -2.21. The number of benzene rings is 2. The van der Waals surface area contributed by atoms with Crippen LogP contribution in [0.25, 0.3) is 21.5 Å². The number of aliphatic carboxylic acids is 1. The van der Waals surface area contributed by atoms with E-state index >= 15 is 0 Å². The maximum atomic E-state index is 12.4. The molecule has 3 aromatic heterocycles. The molecule has 5 rings (SSSR count). The Morgan fingerprint density at radius 1 is 1.16 bits per heavy atom. The first-order chi connectivity index (χ1) is 18.0. The predicted octanol–water partition coefficient (Wildman–Crippen LogP) is 5.10. The highest BCUT2D eigenvalue weighted by Gasteiger charge is 2.38. The van der Waals surface area contributed by atoms with Crippen molar-refractivity contribution >= 4 is 62.2 Å². The topological polar surface area (TPSA) is 151 Å². The van der Waals surface area contributed by atoms with Gasteiger partial charge in [0.2, 0.25) is 5.13 Å². The second kappa shape index (κ2) is 10.9. The molecule has 0 bridgehead atoms. The first-order valence-corrected chi connectivity index (χ1v) is 11.6. The van der Waals surface area contributed by atoms with Gasteiger partial charge in [-0.1, -0.05) is 35.1 Å². The molecule has 4 N–H and O–H groups in total. The number of hydrogen-bond donors (Lipinski definition) is 4. The number of carbonyl (C=O) groups excluding carboxylic acids is 1. The molecule has 0 fully saturated rings. The lowest BCUT2D eigenvalue weighted by molar-refractivity contribution is -0.192. The Labute approximate surface area is 220 Å². The average molecular weight is 565 g/mol. The summed E-state index contributed by atoms with van der Waals surface area (Å²) in [5.41, 5.74) is 3.56. The molecule has 2 aromatic carbocycles. The van der Waals surface area contributed by atoms with Crippen LogP contribution in [0, 0.1) is 0 Å². The molecule has 0 aliphatic carbocycles. The maximum absolute atomic E-state index is 12.4. The number of carbonyl (C=O) groups is 2. The maximum Gasteiger partial charge on any atom is 0.490 e. The highest BCUT2D eigenvalue weighted by molar-refractivity contribution is 7.18. The van der Waals surface area contributed by atoms with Crippen molar-refractivity contribution in [3.63, 3.8) is 0 Å². The Morgan fingerprint density at radius 3 is 2.61 bits per heavy atom. The molecule has 1 amide bonds. The summed E-state index contributed by atoms with van der Waals surface area (Å²) in [6, 6.07) is 11.2. The molecule has 38 heavy (non-hydrogen) atoms. The van der Waals surface area contributed by atoms with Crippen LogP contribution in [0.5, 0.6) is 0 Å². The minimum absolute atomic E-state index is 0.228. The van der Waals surface area contributed by atoms with Crippen molar-refractivity contribution in [2.75, 3.05) is 10.6 Å². The Hall–Kier alpha value is -4.50. The van der Waals surface area contributed by atoms with Crippen LogP contribution in [-0.2, 0) is 11.8 Å². The molecule has 0 radical (unpaired) electrons. The minimum atomic E-state index is -5.08. The molecule has 0 atom stereocenters. The fourth-order valence-electron chi connectivity index (χ4n) is 3.06. The van der Waals surface area contributed by atoms with Gasteiger partial charge in [-0.15, -0.1) is 10.2 Å². The number of aromatic nitrogens is 6. The number of carboxylic acids is 1. The molecule has 3 heterocycles. The average Bonchev–Trinajstić information content (AvgIpc) is 3.62. The molecule has 0 saturated heterocycles. The molecule has 0 aliphatic heterocycles. The fourth-order valence-corrected chi connectivity index (χ4v) is 4.07. The number of rotatable bonds is 5. The summed E-state index contributed by atoms with van der Waals surface area (Å²) >= 11 is 7.85. The molecular weight excluding hydrogens is 549 g/mol. The van der Waals surface area contributed by atoms with E-state index in [4.69, 9.17) is 21.5 Å². The summed E-state index contributed by atoms with van der Waals surface area (Å²) in [4.78, 5) is 21.3. The van der Waals surface area contributed by atoms with Gasteiger partial charge in [-0.3, -0.25) is 14.6 Å². The molecule has 11 nitrogen and oxygen atoms in total. The Kier molecular flexibility index (Phi) is 7.59. The summed E-state index contributed by atoms with van der Waals surface area (Å²) < 4.78 is 33.3. The van der Waals surface area contributed by atoms with Gasteiger partial charge in [-0.2, -0.15) is 23.4 Å². The highest BCUT2D eigenvalue weighted by atomic mass is 35.5. The van der Waals surface area contributed by atoms with Crippen LogP contribution in [0.4, 0.5) is 29.7 Å². The predicted molar refractivity (Wildman–Crippen MR) is 135 cm³/mol. The van der Waals surface area contributed by atoms with Crippen molar-refractivity contribution in [3.8, 4) is 10.6 Å². The number of anilines is 3. The molecule has 196 valence electrons. The van der Waals surface area contributed by atoms with Crippen molar-refractivity contribution in [1.82, 2.24) is 30.2 Å². The second-order valence-electron chi connectivity index (χ2n) is 7.54. The van der Waals surface area contributed by atoms with Gasteiger partial charge in [0.05, 0.1) is 34.2 Å². The lowest BCUT2D eigenvalue weighted by atomic mass is 10.2. The molecule has 0 aliphatic rings. The van der Waals surface area contributed by atoms with Crippen LogP contribution in [0.2, 0.25) is 5.02 Å². The van der Waals surface area contributed by atoms with Crippen molar-refractivity contribution in [3.05, 3.63) is 65.6 Å². The number of nitrogens with zero attached hydrogens (tertiary/aromatic N) is 5. The molecule has 0 spiro atoms. The van der Waals surface area contributed by atoms with Crippen LogP contribution >= 0.6 is 22.9 Å². The van der Waals surface area contributed by atoms with Crippen molar-refractivity contribution in [1.29, 1.82) is 0 Å². The standard InChI is InChI=1S/C20H15ClN8OS.C2HF3O2/c1-29-10-12(8-23-29)18(30)24-13-4-2-3-11(7-13)19-27-28-20(31-19)25-16-6-5-15-14(17(16)21)9-22-26-15;3-2(4,5)1(6)7/h2-10H,1H3,(H,22,26)(H,24,30)(H,25,28);(H,6,7). The summed E-state index contributed by atoms with van der Waals surface area (Å²) in [7, 11) is 1.76. The molecule has 0 unspecified atom stereocenters. The Bertz CT molecular complexity index is 1610. The molecular formula is C22H16ClF3N8O3S. The van der Waals surface area contributed by atoms with Gasteiger partial charge in [-0.05, 0) is 24.3 Å². The third kappa shape index (κ3) is 6.24. The SMILES string of the molecule is Cn1cc(C(=O)Nc2cccc(-c3nnc(Nc4ccc5[nH]ncc5c4Cl)s3)c2)cn1.O=C(O)C(F)(F)F. The molecule has 16 heteroatoms. The van der Waals surface area contributed by atoms with Gasteiger partial charge >= 0.3 is 12.1 Å². The second-order valence-corrected chi connectivity index (χ2v) is 8.89. The third-order valence-electron chi connectivity index (χ3n) is 4.80. The van der Waals surface area contributed by atoms with E-state index in [-0.39, 0.29) is 5.91 Å². The zero-order valence-electron chi connectivity index (χ0n) is 19.1. The van der Waals surface area contributed by atoms with E-state index in [9.17, 15) is 18.0 Å². The number of alkyl halides is 3. The van der Waals surface area contributed by atoms with Gasteiger partial charge in [0.15, 0.2) is 0 Å². The van der Waals surface area contributed by atoms with Crippen molar-refractivity contribution in [2.45, 2.75) is 6.18 Å². The summed E-state index contributed by atoms with van der Waals surface area (Å²) in [6.07, 6.45) is -0.221. The normalized spacial score (nSPS) is 11.1. The van der Waals surface area contributed by atoms with Gasteiger partial charge in [0.25, 0.3) is 5.91 Å². The molecule has 0 saturated carbocycles. The largest absolute Gasteiger partial charge is 0.490 e. The quantitative estimate of drug-likeness (QED) is 0.230. The number of nitrogens with one attached hydrogen (secondary N) is 3. The van der Waals surface area contributed by atoms with E-state index in [2.05, 4.69) is 36.1 Å². The zero-order valence-corrected chi connectivity index (χ0v) is 20.7. The van der Waals surface area contributed by atoms with Gasteiger partial charge in [0.1, 0.15) is 5.01 Å². The van der Waals surface area contributed by atoms with E-state index in [1.807, 2.05) is 36.4 Å². The van der Waals surface area contributed by atoms with E-state index in [1.165, 1.54) is 17.5 Å². The van der Waals surface area contributed by atoms with Gasteiger partial charge in [-0.25, -0.2) is 4.79 Å². The first kappa shape index (κ1) is 26.6. The number of aromatic amines is 1. The van der Waals surface area contributed by atoms with Crippen LogP contribution in [0.1, 0.15) is 10.4 Å². The van der Waals surface area contributed by atoms with E-state index in [1.54, 1.807) is 24.1 Å². The zero-order chi connectivity index (χ0) is 27.4. The van der Waals surface area contributed by atoms with Crippen LogP contribution in [-0.4, -0.2) is 53.3 Å². The van der Waals surface area contributed by atoms with E-state index in [0.717, 1.165) is 22.2 Å². The van der Waals surface area contributed by atoms with Crippen LogP contribution < -0.4 is 10.6 Å². The third-order valence-corrected chi connectivity index (χ3v) is 6.10. The fraction of sp³-hybridized carbons (Fsp3) is 0.0909. The van der Waals surface area contributed by atoms with E-state index < -0.39 is 12.1 Å². The van der Waals surface area contributed by atoms with E-state index in [0.29, 0.717) is 26.4 Å². The first-order valence-electron chi connectivity index (χ1n) is 10.4. The Morgan fingerprint density at radius 2 is 1.92 bits per heavy atom. The number of amides is 1. The Balaban J connectivity index is 0.000000426. The number of fused-ring (bicyclic) bond motifs is 1. The van der Waals surface area contributed by atoms with Gasteiger partial charge in [0, 0.05) is 29.9 Å². The highest BCUT2D eigenvalue weighted by Crippen LogP contribution is 2.34. The monoisotopic (exact) mass is 564 g/mol. The summed E-state index contributed by atoms with van der Waals surface area (Å²) in [5.74, 6) is -2.98. The van der Waals surface area contributed by atoms with Crippen molar-refractivity contribution in [2.24, 2.45) is 7.05 Å². The van der Waals surface area contributed by atoms with Crippen molar-refractivity contribution < 1.29 is 27.9 Å². The number of aryl methyl sites for hydroxylation is 1. The number of H-pyrrole nitrogens is 1. The molecule has 5 aromatic rings. The lowest BCUT2D eigenvalue weighted by Gasteiger charge is -2.05. The van der Waals surface area contributed by atoms with Crippen LogP contribution in [0.3, 0.4) is 0 Å². The summed E-state index contributed by atoms with van der Waals surface area (Å²) in [6.45, 7) is 0. The number of carboxylic acid groups (broad SMARTS) is 1. The van der Waals surface area contributed by atoms with Gasteiger partial charge < -0.3 is 15.7 Å². The number of hydrogen-bond acceptors (Lipinski definition) is 8.